The van der Waals surface area contributed by atoms with Crippen LogP contribution in [0.5, 0.6) is 0 Å². The Bertz CT molecular complexity index is 277. The molecule has 0 aromatic carbocycles. The van der Waals surface area contributed by atoms with Crippen molar-refractivity contribution in [3.63, 3.8) is 0 Å². The summed E-state index contributed by atoms with van der Waals surface area (Å²) in [6.45, 7) is 3.18. The number of hydrogen-bond donors (Lipinski definition) is 2. The number of nitrogens with one attached hydrogen (secondary N) is 1. The molecule has 1 aliphatic rings. The molecular weight excluding hydrogens is 268 g/mol. The average molecular weight is 300 g/mol. The van der Waals surface area contributed by atoms with Gasteiger partial charge in [0.05, 0.1) is 18.6 Å². The minimum absolute atomic E-state index is 0.159. The van der Waals surface area contributed by atoms with Gasteiger partial charge in [-0.1, -0.05) is 25.7 Å². The third kappa shape index (κ3) is 6.76. The van der Waals surface area contributed by atoms with Gasteiger partial charge >= 0.3 is 0 Å². The van der Waals surface area contributed by atoms with Crippen molar-refractivity contribution in [1.29, 1.82) is 0 Å². The molecule has 21 heavy (non-hydrogen) atoms. The maximum atomic E-state index is 12.4. The van der Waals surface area contributed by atoms with E-state index >= 15 is 0 Å². The Morgan fingerprint density at radius 1 is 1.10 bits per heavy atom. The number of unbranched alkanes of at least 4 members (excludes halogenated alkanes) is 1. The van der Waals surface area contributed by atoms with Crippen molar-refractivity contribution in [3.8, 4) is 0 Å². The van der Waals surface area contributed by atoms with Gasteiger partial charge < -0.3 is 20.5 Å². The number of ether oxygens (including phenoxy) is 2. The lowest BCUT2D eigenvalue weighted by Crippen LogP contribution is -2.46. The summed E-state index contributed by atoms with van der Waals surface area (Å²) in [4.78, 5) is 12.4. The second kappa shape index (κ2) is 11.0. The molecule has 0 saturated heterocycles. The van der Waals surface area contributed by atoms with Crippen molar-refractivity contribution in [1.82, 2.24) is 5.32 Å². The van der Waals surface area contributed by atoms with Gasteiger partial charge in [-0.3, -0.25) is 4.79 Å². The molecule has 1 fully saturated rings. The van der Waals surface area contributed by atoms with Crippen LogP contribution >= 0.6 is 0 Å². The average Bonchev–Trinajstić information content (AvgIpc) is 2.76. The zero-order valence-electron chi connectivity index (χ0n) is 13.5. The van der Waals surface area contributed by atoms with E-state index in [1.165, 1.54) is 12.8 Å². The van der Waals surface area contributed by atoms with E-state index in [1.807, 2.05) is 0 Å². The third-order valence-electron chi connectivity index (χ3n) is 4.37. The number of nitrogens with two attached hydrogens (primary N) is 1. The zero-order chi connectivity index (χ0) is 15.4. The summed E-state index contributed by atoms with van der Waals surface area (Å²) in [7, 11) is 1.67. The van der Waals surface area contributed by atoms with Crippen LogP contribution in [0.25, 0.3) is 0 Å². The number of rotatable bonds is 10. The number of hydrogen-bond acceptors (Lipinski definition) is 4. The summed E-state index contributed by atoms with van der Waals surface area (Å²) in [6.07, 6.45) is 8.49. The van der Waals surface area contributed by atoms with Gasteiger partial charge in [-0.2, -0.15) is 0 Å². The molecule has 0 bridgehead atoms. The second-order valence-electron chi connectivity index (χ2n) is 5.97. The van der Waals surface area contributed by atoms with Crippen molar-refractivity contribution in [2.75, 3.05) is 40.0 Å². The Labute approximate surface area is 128 Å². The van der Waals surface area contributed by atoms with Crippen molar-refractivity contribution in [3.05, 3.63) is 0 Å². The molecule has 0 unspecified atom stereocenters. The van der Waals surface area contributed by atoms with E-state index in [9.17, 15) is 4.79 Å². The van der Waals surface area contributed by atoms with Gasteiger partial charge in [-0.15, -0.1) is 0 Å². The Morgan fingerprint density at radius 2 is 1.81 bits per heavy atom. The fourth-order valence-electron chi connectivity index (χ4n) is 2.89. The molecule has 0 aromatic rings. The summed E-state index contributed by atoms with van der Waals surface area (Å²) in [5.41, 5.74) is 5.60. The SMILES string of the molecule is COCCOCCCCNC(=O)C1(CN)CCCCCC1. The molecule has 3 N–H and O–H groups in total. The van der Waals surface area contributed by atoms with Gasteiger partial charge in [0.25, 0.3) is 0 Å². The number of methoxy groups -OCH3 is 1. The summed E-state index contributed by atoms with van der Waals surface area (Å²) in [5.74, 6) is 0.159. The first-order valence-corrected chi connectivity index (χ1v) is 8.30. The van der Waals surface area contributed by atoms with Gasteiger partial charge in [0.2, 0.25) is 5.91 Å². The number of amides is 1. The Hall–Kier alpha value is -0.650. The fraction of sp³-hybridized carbons (Fsp3) is 0.938. The lowest BCUT2D eigenvalue weighted by molar-refractivity contribution is -0.131. The lowest BCUT2D eigenvalue weighted by atomic mass is 9.79. The molecule has 0 spiro atoms. The first-order valence-electron chi connectivity index (χ1n) is 8.30. The zero-order valence-corrected chi connectivity index (χ0v) is 13.5. The summed E-state index contributed by atoms with van der Waals surface area (Å²) in [5, 5.41) is 3.07. The van der Waals surface area contributed by atoms with Crippen LogP contribution in [0, 0.1) is 5.41 Å². The maximum Gasteiger partial charge on any atom is 0.227 e. The fourth-order valence-corrected chi connectivity index (χ4v) is 2.89. The molecule has 0 radical (unpaired) electrons. The third-order valence-corrected chi connectivity index (χ3v) is 4.37. The van der Waals surface area contributed by atoms with Crippen LogP contribution in [-0.4, -0.2) is 45.9 Å². The van der Waals surface area contributed by atoms with Crippen LogP contribution in [0.1, 0.15) is 51.4 Å². The second-order valence-corrected chi connectivity index (χ2v) is 5.97. The molecule has 0 aromatic heterocycles. The minimum atomic E-state index is -0.314. The monoisotopic (exact) mass is 300 g/mol. The summed E-state index contributed by atoms with van der Waals surface area (Å²) in [6, 6.07) is 0. The van der Waals surface area contributed by atoms with Crippen LogP contribution < -0.4 is 11.1 Å². The molecule has 0 atom stereocenters. The minimum Gasteiger partial charge on any atom is -0.382 e. The van der Waals surface area contributed by atoms with Crippen LogP contribution in [0.2, 0.25) is 0 Å². The molecule has 1 rings (SSSR count). The van der Waals surface area contributed by atoms with E-state index in [4.69, 9.17) is 15.2 Å². The Balaban J connectivity index is 2.16. The van der Waals surface area contributed by atoms with E-state index in [0.717, 1.165) is 45.1 Å². The largest absolute Gasteiger partial charge is 0.382 e. The summed E-state index contributed by atoms with van der Waals surface area (Å²) < 4.78 is 10.3. The maximum absolute atomic E-state index is 12.4. The highest BCUT2D eigenvalue weighted by Crippen LogP contribution is 2.34. The van der Waals surface area contributed by atoms with Crippen LogP contribution in [0.15, 0.2) is 0 Å². The molecule has 1 saturated carbocycles. The van der Waals surface area contributed by atoms with Gasteiger partial charge in [-0.05, 0) is 25.7 Å². The van der Waals surface area contributed by atoms with E-state index < -0.39 is 0 Å². The number of carbonyl (C=O) groups excluding carboxylic acids is 1. The lowest BCUT2D eigenvalue weighted by Gasteiger charge is -2.29. The highest BCUT2D eigenvalue weighted by atomic mass is 16.5. The predicted octanol–water partition coefficient (Wildman–Crippen LogP) is 1.85. The number of carbonyl (C=O) groups is 1. The highest BCUT2D eigenvalue weighted by molar-refractivity contribution is 5.82. The molecule has 0 heterocycles. The van der Waals surface area contributed by atoms with E-state index in [0.29, 0.717) is 26.3 Å². The van der Waals surface area contributed by atoms with E-state index in [1.54, 1.807) is 7.11 Å². The molecule has 5 heteroatoms. The van der Waals surface area contributed by atoms with Gasteiger partial charge in [0, 0.05) is 26.8 Å². The van der Waals surface area contributed by atoms with E-state index in [2.05, 4.69) is 5.32 Å². The van der Waals surface area contributed by atoms with Crippen molar-refractivity contribution in [2.24, 2.45) is 11.1 Å². The highest BCUT2D eigenvalue weighted by Gasteiger charge is 2.36. The Kier molecular flexibility index (Phi) is 9.63. The first kappa shape index (κ1) is 18.4. The molecule has 1 amide bonds. The van der Waals surface area contributed by atoms with Crippen molar-refractivity contribution in [2.45, 2.75) is 51.4 Å². The molecule has 0 aliphatic heterocycles. The molecular formula is C16H32N2O3. The smallest absolute Gasteiger partial charge is 0.227 e. The van der Waals surface area contributed by atoms with Gasteiger partial charge in [-0.25, -0.2) is 0 Å². The molecule has 1 aliphatic carbocycles. The van der Waals surface area contributed by atoms with E-state index in [-0.39, 0.29) is 11.3 Å². The quantitative estimate of drug-likeness (QED) is 0.477. The van der Waals surface area contributed by atoms with Gasteiger partial charge in [0.1, 0.15) is 0 Å². The summed E-state index contributed by atoms with van der Waals surface area (Å²) >= 11 is 0. The standard InChI is InChI=1S/C16H32N2O3/c1-20-12-13-21-11-7-6-10-18-15(19)16(14-17)8-4-2-3-5-9-16/h2-14,17H2,1H3,(H,18,19). The normalized spacial score (nSPS) is 18.2. The predicted molar refractivity (Wildman–Crippen MR) is 84.1 cm³/mol. The molecule has 124 valence electrons. The van der Waals surface area contributed by atoms with Crippen LogP contribution in [0.3, 0.4) is 0 Å². The molecule has 5 nitrogen and oxygen atoms in total. The topological polar surface area (TPSA) is 73.6 Å². The Morgan fingerprint density at radius 3 is 2.43 bits per heavy atom. The van der Waals surface area contributed by atoms with Crippen molar-refractivity contribution >= 4 is 5.91 Å². The van der Waals surface area contributed by atoms with Crippen LogP contribution in [0.4, 0.5) is 0 Å². The first-order chi connectivity index (χ1) is 10.2. The van der Waals surface area contributed by atoms with Crippen molar-refractivity contribution < 1.29 is 14.3 Å². The van der Waals surface area contributed by atoms with Crippen LogP contribution in [-0.2, 0) is 14.3 Å². The van der Waals surface area contributed by atoms with Gasteiger partial charge in [0.15, 0.2) is 0 Å².